The molecule has 0 amide bonds. The van der Waals surface area contributed by atoms with E-state index in [0.29, 0.717) is 17.9 Å². The van der Waals surface area contributed by atoms with Crippen LogP contribution in [-0.4, -0.2) is 25.0 Å². The van der Waals surface area contributed by atoms with Crippen LogP contribution in [0.15, 0.2) is 18.2 Å². The Labute approximate surface area is 93.2 Å². The lowest BCUT2D eigenvalue weighted by Gasteiger charge is -2.03. The SMILES string of the molecule is CCOC(=O)C(=O)c1ccc2c(c1)OCC2. The molecule has 1 aromatic rings. The first-order chi connectivity index (χ1) is 7.72. The number of Topliss-reactive ketones (excluding diaryl/α,β-unsaturated/α-hetero) is 1. The Hall–Kier alpha value is -1.84. The molecule has 16 heavy (non-hydrogen) atoms. The zero-order valence-electron chi connectivity index (χ0n) is 8.99. The molecule has 0 unspecified atom stereocenters. The van der Waals surface area contributed by atoms with E-state index in [-0.39, 0.29) is 6.61 Å². The number of hydrogen-bond acceptors (Lipinski definition) is 4. The molecule has 1 aliphatic rings. The fraction of sp³-hybridized carbons (Fsp3) is 0.333. The van der Waals surface area contributed by atoms with Gasteiger partial charge in [-0.3, -0.25) is 4.79 Å². The molecule has 1 aliphatic heterocycles. The maximum Gasteiger partial charge on any atom is 0.379 e. The molecule has 0 N–H and O–H groups in total. The number of ketones is 1. The second kappa shape index (κ2) is 4.35. The minimum absolute atomic E-state index is 0.200. The fourth-order valence-corrected chi connectivity index (χ4v) is 1.62. The Morgan fingerprint density at radius 2 is 2.25 bits per heavy atom. The van der Waals surface area contributed by atoms with Crippen molar-refractivity contribution in [3.05, 3.63) is 29.3 Å². The minimum Gasteiger partial charge on any atom is -0.493 e. The van der Waals surface area contributed by atoms with Crippen LogP contribution in [-0.2, 0) is 16.0 Å². The van der Waals surface area contributed by atoms with Crippen molar-refractivity contribution < 1.29 is 19.1 Å². The van der Waals surface area contributed by atoms with Crippen LogP contribution in [0.2, 0.25) is 0 Å². The Morgan fingerprint density at radius 3 is 3.00 bits per heavy atom. The van der Waals surface area contributed by atoms with Gasteiger partial charge in [-0.25, -0.2) is 4.79 Å². The maximum atomic E-state index is 11.6. The predicted octanol–water partition coefficient (Wildman–Crippen LogP) is 1.37. The van der Waals surface area contributed by atoms with Crippen molar-refractivity contribution in [3.63, 3.8) is 0 Å². The summed E-state index contributed by atoms with van der Waals surface area (Å²) >= 11 is 0. The molecule has 1 aromatic carbocycles. The lowest BCUT2D eigenvalue weighted by Crippen LogP contribution is -2.17. The van der Waals surface area contributed by atoms with Gasteiger partial charge < -0.3 is 9.47 Å². The van der Waals surface area contributed by atoms with Crippen LogP contribution in [0.1, 0.15) is 22.8 Å². The van der Waals surface area contributed by atoms with Crippen LogP contribution < -0.4 is 4.74 Å². The Morgan fingerprint density at radius 1 is 1.44 bits per heavy atom. The number of fused-ring (bicyclic) bond motifs is 1. The van der Waals surface area contributed by atoms with Crippen LogP contribution in [0.4, 0.5) is 0 Å². The highest BCUT2D eigenvalue weighted by Gasteiger charge is 2.20. The maximum absolute atomic E-state index is 11.6. The summed E-state index contributed by atoms with van der Waals surface area (Å²) in [6, 6.07) is 5.04. The van der Waals surface area contributed by atoms with Gasteiger partial charge in [-0.2, -0.15) is 0 Å². The quantitative estimate of drug-likeness (QED) is 0.438. The molecule has 0 atom stereocenters. The van der Waals surface area contributed by atoms with Crippen molar-refractivity contribution in [2.24, 2.45) is 0 Å². The third kappa shape index (κ3) is 1.91. The third-order valence-corrected chi connectivity index (χ3v) is 2.42. The van der Waals surface area contributed by atoms with Crippen molar-refractivity contribution >= 4 is 11.8 Å². The highest BCUT2D eigenvalue weighted by molar-refractivity contribution is 6.40. The number of rotatable bonds is 3. The molecular formula is C12H12O4. The van der Waals surface area contributed by atoms with E-state index in [0.717, 1.165) is 12.0 Å². The lowest BCUT2D eigenvalue weighted by molar-refractivity contribution is -0.137. The average Bonchev–Trinajstić information content (AvgIpc) is 2.75. The zero-order chi connectivity index (χ0) is 11.5. The van der Waals surface area contributed by atoms with Gasteiger partial charge in [-0.1, -0.05) is 12.1 Å². The van der Waals surface area contributed by atoms with Crippen molar-refractivity contribution in [1.29, 1.82) is 0 Å². The first kappa shape index (κ1) is 10.7. The van der Waals surface area contributed by atoms with Crippen LogP contribution in [0.3, 0.4) is 0 Å². The molecule has 84 valence electrons. The van der Waals surface area contributed by atoms with Crippen LogP contribution in [0.25, 0.3) is 0 Å². The summed E-state index contributed by atoms with van der Waals surface area (Å²) in [6.07, 6.45) is 0.850. The van der Waals surface area contributed by atoms with E-state index in [1.807, 2.05) is 6.07 Å². The largest absolute Gasteiger partial charge is 0.493 e. The van der Waals surface area contributed by atoms with Gasteiger partial charge in [-0.15, -0.1) is 0 Å². The molecule has 4 nitrogen and oxygen atoms in total. The average molecular weight is 220 g/mol. The Bertz CT molecular complexity index is 437. The molecule has 4 heteroatoms. The number of esters is 1. The molecule has 1 heterocycles. The number of benzene rings is 1. The number of carbonyl (C=O) groups is 2. The molecule has 0 aliphatic carbocycles. The summed E-state index contributed by atoms with van der Waals surface area (Å²) in [4.78, 5) is 22.8. The molecule has 0 bridgehead atoms. The van der Waals surface area contributed by atoms with E-state index >= 15 is 0 Å². The first-order valence-corrected chi connectivity index (χ1v) is 5.19. The number of ether oxygens (including phenoxy) is 2. The molecular weight excluding hydrogens is 208 g/mol. The third-order valence-electron chi connectivity index (χ3n) is 2.42. The van der Waals surface area contributed by atoms with Crippen molar-refractivity contribution in [2.75, 3.05) is 13.2 Å². The zero-order valence-corrected chi connectivity index (χ0v) is 8.99. The van der Waals surface area contributed by atoms with Gasteiger partial charge in [0.25, 0.3) is 5.78 Å². The fourth-order valence-electron chi connectivity index (χ4n) is 1.62. The summed E-state index contributed by atoms with van der Waals surface area (Å²) in [6.45, 7) is 2.50. The standard InChI is InChI=1S/C12H12O4/c1-2-15-12(14)11(13)9-4-3-8-5-6-16-10(8)7-9/h3-4,7H,2,5-6H2,1H3. The van der Waals surface area contributed by atoms with E-state index in [9.17, 15) is 9.59 Å². The van der Waals surface area contributed by atoms with Gasteiger partial charge >= 0.3 is 5.97 Å². The van der Waals surface area contributed by atoms with E-state index in [4.69, 9.17) is 4.74 Å². The van der Waals surface area contributed by atoms with Gasteiger partial charge in [0, 0.05) is 12.0 Å². The summed E-state index contributed by atoms with van der Waals surface area (Å²) in [7, 11) is 0. The molecule has 2 rings (SSSR count). The molecule has 0 radical (unpaired) electrons. The molecule has 0 spiro atoms. The van der Waals surface area contributed by atoms with Gasteiger partial charge in [-0.05, 0) is 18.6 Å². The van der Waals surface area contributed by atoms with E-state index in [1.54, 1.807) is 19.1 Å². The summed E-state index contributed by atoms with van der Waals surface area (Å²) < 4.78 is 9.97. The highest BCUT2D eigenvalue weighted by atomic mass is 16.5. The summed E-state index contributed by atoms with van der Waals surface area (Å²) in [5.41, 5.74) is 1.39. The summed E-state index contributed by atoms with van der Waals surface area (Å²) in [5.74, 6) is -0.754. The van der Waals surface area contributed by atoms with E-state index in [1.165, 1.54) is 0 Å². The Kier molecular flexibility index (Phi) is 2.90. The molecule has 0 saturated heterocycles. The van der Waals surface area contributed by atoms with Crippen molar-refractivity contribution in [3.8, 4) is 5.75 Å². The van der Waals surface area contributed by atoms with Crippen LogP contribution in [0.5, 0.6) is 5.75 Å². The van der Waals surface area contributed by atoms with Crippen LogP contribution in [0, 0.1) is 0 Å². The molecule has 0 saturated carbocycles. The monoisotopic (exact) mass is 220 g/mol. The predicted molar refractivity (Wildman–Crippen MR) is 56.6 cm³/mol. The van der Waals surface area contributed by atoms with E-state index < -0.39 is 11.8 Å². The second-order valence-corrected chi connectivity index (χ2v) is 3.47. The smallest absolute Gasteiger partial charge is 0.379 e. The lowest BCUT2D eigenvalue weighted by atomic mass is 10.1. The summed E-state index contributed by atoms with van der Waals surface area (Å²) in [5, 5.41) is 0. The van der Waals surface area contributed by atoms with Crippen molar-refractivity contribution in [2.45, 2.75) is 13.3 Å². The molecule has 0 fully saturated rings. The molecule has 0 aromatic heterocycles. The normalized spacial score (nSPS) is 12.8. The van der Waals surface area contributed by atoms with Crippen LogP contribution >= 0.6 is 0 Å². The van der Waals surface area contributed by atoms with Gasteiger partial charge in [0.15, 0.2) is 0 Å². The highest BCUT2D eigenvalue weighted by Crippen LogP contribution is 2.26. The topological polar surface area (TPSA) is 52.6 Å². The number of hydrogen-bond donors (Lipinski definition) is 0. The van der Waals surface area contributed by atoms with Gasteiger partial charge in [0.1, 0.15) is 5.75 Å². The van der Waals surface area contributed by atoms with E-state index in [2.05, 4.69) is 4.74 Å². The van der Waals surface area contributed by atoms with Gasteiger partial charge in [0.2, 0.25) is 0 Å². The number of carbonyl (C=O) groups excluding carboxylic acids is 2. The minimum atomic E-state index is -0.819. The second-order valence-electron chi connectivity index (χ2n) is 3.47. The van der Waals surface area contributed by atoms with Crippen molar-refractivity contribution in [1.82, 2.24) is 0 Å². The Balaban J connectivity index is 2.21. The first-order valence-electron chi connectivity index (χ1n) is 5.19. The van der Waals surface area contributed by atoms with Gasteiger partial charge in [0.05, 0.1) is 13.2 Å².